The van der Waals surface area contributed by atoms with E-state index in [1.165, 1.54) is 0 Å². The van der Waals surface area contributed by atoms with Gasteiger partial charge in [-0.2, -0.15) is 10.5 Å². The summed E-state index contributed by atoms with van der Waals surface area (Å²) in [6, 6.07) is 10.9. The highest BCUT2D eigenvalue weighted by Gasteiger charge is 2.14. The summed E-state index contributed by atoms with van der Waals surface area (Å²) in [4.78, 5) is 12.3. The standard InChI is InChI=1S/C34H48N6O9/c1-39(2)25-37-29-21-33(31(19-27(29)23-35)46-15-7-41-5)48-17-13-44-11-9-43-10-12-45-14-18-49-34-22-30(38-26-40(3)4)28(24-36)20-32(34)47-16-8-42-6/h19-22,25-26H,7-18H2,1-6H3/b37-25+,38-26+. The van der Waals surface area contributed by atoms with Crippen LogP contribution in [0.3, 0.4) is 0 Å². The topological polar surface area (TPSA) is 162 Å². The molecule has 15 nitrogen and oxygen atoms in total. The van der Waals surface area contributed by atoms with Crippen LogP contribution >= 0.6 is 0 Å². The van der Waals surface area contributed by atoms with Crippen molar-refractivity contribution in [3.63, 3.8) is 0 Å². The maximum absolute atomic E-state index is 9.57. The molecule has 0 atom stereocenters. The van der Waals surface area contributed by atoms with Gasteiger partial charge in [-0.1, -0.05) is 0 Å². The molecular weight excluding hydrogens is 636 g/mol. The third kappa shape index (κ3) is 16.3. The minimum Gasteiger partial charge on any atom is -0.487 e. The van der Waals surface area contributed by atoms with Crippen LogP contribution in [0.15, 0.2) is 34.3 Å². The largest absolute Gasteiger partial charge is 0.487 e. The van der Waals surface area contributed by atoms with Crippen molar-refractivity contribution in [2.75, 3.05) is 122 Å². The zero-order valence-electron chi connectivity index (χ0n) is 29.3. The van der Waals surface area contributed by atoms with Gasteiger partial charge in [0.25, 0.3) is 0 Å². The number of methoxy groups -OCH3 is 2. The molecule has 0 aliphatic carbocycles. The van der Waals surface area contributed by atoms with E-state index < -0.39 is 0 Å². The predicted octanol–water partition coefficient (Wildman–Crippen LogP) is 3.43. The first-order chi connectivity index (χ1) is 23.8. The van der Waals surface area contributed by atoms with Crippen molar-refractivity contribution in [2.45, 2.75) is 0 Å². The number of hydrogen-bond donors (Lipinski definition) is 0. The Bertz CT molecular complexity index is 1290. The minimum absolute atomic E-state index is 0.258. The second-order valence-corrected chi connectivity index (χ2v) is 10.5. The van der Waals surface area contributed by atoms with Crippen molar-refractivity contribution in [1.29, 1.82) is 10.5 Å². The smallest absolute Gasteiger partial charge is 0.163 e. The van der Waals surface area contributed by atoms with E-state index in [1.807, 2.05) is 28.2 Å². The van der Waals surface area contributed by atoms with Crippen molar-refractivity contribution >= 4 is 24.1 Å². The maximum atomic E-state index is 9.57. The normalized spacial score (nSPS) is 11.0. The van der Waals surface area contributed by atoms with Crippen molar-refractivity contribution in [3.05, 3.63) is 35.4 Å². The molecule has 0 radical (unpaired) electrons. The van der Waals surface area contributed by atoms with Gasteiger partial charge in [-0.25, -0.2) is 9.98 Å². The summed E-state index contributed by atoms with van der Waals surface area (Å²) in [5, 5.41) is 19.1. The Kier molecular flexibility index (Phi) is 20.3. The van der Waals surface area contributed by atoms with Gasteiger partial charge in [0, 0.05) is 66.7 Å². The molecule has 2 aromatic rings. The SMILES string of the molecule is COCCOc1cc(C#N)c(/N=C/N(C)C)cc1OCCOCCOCCOCCOc1cc(/N=C/N(C)C)c(C#N)cc1OCCOC. The Balaban J connectivity index is 1.72. The molecule has 0 spiro atoms. The zero-order valence-corrected chi connectivity index (χ0v) is 29.3. The van der Waals surface area contributed by atoms with E-state index in [-0.39, 0.29) is 13.2 Å². The molecule has 0 fully saturated rings. The second-order valence-electron chi connectivity index (χ2n) is 10.5. The van der Waals surface area contributed by atoms with Gasteiger partial charge in [0.15, 0.2) is 23.0 Å². The summed E-state index contributed by atoms with van der Waals surface area (Å²) in [5.74, 6) is 1.76. The molecule has 0 aliphatic rings. The molecule has 268 valence electrons. The van der Waals surface area contributed by atoms with Crippen LogP contribution < -0.4 is 18.9 Å². The molecule has 2 rings (SSSR count). The number of rotatable bonds is 26. The molecule has 0 amide bonds. The van der Waals surface area contributed by atoms with Gasteiger partial charge in [-0.3, -0.25) is 0 Å². The van der Waals surface area contributed by atoms with Crippen molar-refractivity contribution in [1.82, 2.24) is 9.80 Å². The van der Waals surface area contributed by atoms with Crippen LogP contribution in [0, 0.1) is 22.7 Å². The summed E-state index contributed by atoms with van der Waals surface area (Å²) in [6.45, 7) is 4.06. The number of hydrogen-bond acceptors (Lipinski definition) is 13. The van der Waals surface area contributed by atoms with E-state index in [0.717, 1.165) is 0 Å². The van der Waals surface area contributed by atoms with E-state index in [2.05, 4.69) is 22.1 Å². The third-order valence-corrected chi connectivity index (χ3v) is 6.03. The van der Waals surface area contributed by atoms with Crippen molar-refractivity contribution < 1.29 is 42.6 Å². The van der Waals surface area contributed by atoms with Crippen LogP contribution in [0.4, 0.5) is 11.4 Å². The average Bonchev–Trinajstić information content (AvgIpc) is 3.09. The monoisotopic (exact) mass is 684 g/mol. The lowest BCUT2D eigenvalue weighted by Crippen LogP contribution is -2.15. The van der Waals surface area contributed by atoms with Gasteiger partial charge >= 0.3 is 0 Å². The summed E-state index contributed by atoms with van der Waals surface area (Å²) in [6.07, 6.45) is 3.22. The van der Waals surface area contributed by atoms with Crippen LogP contribution in [0.2, 0.25) is 0 Å². The number of nitrogens with zero attached hydrogens (tertiary/aromatic N) is 6. The summed E-state index contributed by atoms with van der Waals surface area (Å²) in [5.41, 5.74) is 1.68. The maximum Gasteiger partial charge on any atom is 0.163 e. The quantitative estimate of drug-likeness (QED) is 0.0806. The molecule has 0 aromatic heterocycles. The van der Waals surface area contributed by atoms with Crippen molar-refractivity contribution in [2.24, 2.45) is 9.98 Å². The average molecular weight is 685 g/mol. The first-order valence-electron chi connectivity index (χ1n) is 15.6. The van der Waals surface area contributed by atoms with Crippen LogP contribution in [0.25, 0.3) is 0 Å². The van der Waals surface area contributed by atoms with Gasteiger partial charge in [0.05, 0.1) is 88.0 Å². The van der Waals surface area contributed by atoms with Gasteiger partial charge in [-0.15, -0.1) is 0 Å². The van der Waals surface area contributed by atoms with Gasteiger partial charge in [0.1, 0.15) is 38.6 Å². The fraction of sp³-hybridized carbons (Fsp3) is 0.529. The van der Waals surface area contributed by atoms with Crippen molar-refractivity contribution in [3.8, 4) is 35.1 Å². The van der Waals surface area contributed by atoms with Crippen LogP contribution in [0.5, 0.6) is 23.0 Å². The number of aliphatic imine (C=N–C) groups is 2. The molecule has 0 aliphatic heterocycles. The number of nitriles is 2. The highest BCUT2D eigenvalue weighted by molar-refractivity contribution is 5.69. The Morgan fingerprint density at radius 1 is 0.510 bits per heavy atom. The Morgan fingerprint density at radius 2 is 0.816 bits per heavy atom. The lowest BCUT2D eigenvalue weighted by atomic mass is 10.1. The lowest BCUT2D eigenvalue weighted by Gasteiger charge is -2.15. The fourth-order valence-corrected chi connectivity index (χ4v) is 3.73. The lowest BCUT2D eigenvalue weighted by molar-refractivity contribution is 0.00469. The van der Waals surface area contributed by atoms with Gasteiger partial charge in [0.2, 0.25) is 0 Å². The molecule has 0 unspecified atom stereocenters. The summed E-state index contributed by atoms with van der Waals surface area (Å²) in [7, 11) is 10.5. The van der Waals surface area contributed by atoms with E-state index in [0.29, 0.717) is 112 Å². The zero-order chi connectivity index (χ0) is 35.7. The molecule has 0 N–H and O–H groups in total. The van der Waals surface area contributed by atoms with E-state index in [9.17, 15) is 10.5 Å². The molecule has 15 heteroatoms. The molecule has 0 heterocycles. The minimum atomic E-state index is 0.258. The first kappa shape index (κ1) is 40.5. The van der Waals surface area contributed by atoms with Crippen LogP contribution in [-0.4, -0.2) is 144 Å². The fourth-order valence-electron chi connectivity index (χ4n) is 3.73. The highest BCUT2D eigenvalue weighted by atomic mass is 16.6. The van der Waals surface area contributed by atoms with Crippen LogP contribution in [-0.2, 0) is 23.7 Å². The van der Waals surface area contributed by atoms with E-state index in [4.69, 9.17) is 42.6 Å². The summed E-state index contributed by atoms with van der Waals surface area (Å²) < 4.78 is 50.3. The molecule has 49 heavy (non-hydrogen) atoms. The van der Waals surface area contributed by atoms with E-state index in [1.54, 1.807) is 61.0 Å². The van der Waals surface area contributed by atoms with Gasteiger partial charge in [-0.05, 0) is 0 Å². The summed E-state index contributed by atoms with van der Waals surface area (Å²) >= 11 is 0. The number of ether oxygens (including phenoxy) is 9. The Labute approximate surface area is 289 Å². The molecule has 0 bridgehead atoms. The van der Waals surface area contributed by atoms with Crippen LogP contribution in [0.1, 0.15) is 11.1 Å². The third-order valence-electron chi connectivity index (χ3n) is 6.03. The predicted molar refractivity (Wildman–Crippen MR) is 184 cm³/mol. The molecule has 0 saturated heterocycles. The van der Waals surface area contributed by atoms with E-state index >= 15 is 0 Å². The van der Waals surface area contributed by atoms with Gasteiger partial charge < -0.3 is 52.4 Å². The number of benzene rings is 2. The highest BCUT2D eigenvalue weighted by Crippen LogP contribution is 2.36. The second kappa shape index (κ2) is 24.5. The molecular formula is C34H48N6O9. The first-order valence-corrected chi connectivity index (χ1v) is 15.6. The Hall–Kier alpha value is -4.64. The molecule has 0 saturated carbocycles. The molecule has 2 aromatic carbocycles. The Morgan fingerprint density at radius 3 is 1.12 bits per heavy atom.